The fraction of sp³-hybridized carbons (Fsp3) is 0. The highest BCUT2D eigenvalue weighted by Gasteiger charge is 2.32. The van der Waals surface area contributed by atoms with Gasteiger partial charge in [0, 0.05) is 10.8 Å². The van der Waals surface area contributed by atoms with Crippen LogP contribution in [-0.2, 0) is 0 Å². The monoisotopic (exact) mass is 259 g/mol. The Morgan fingerprint density at radius 3 is 1.76 bits per heavy atom. The van der Waals surface area contributed by atoms with Crippen molar-refractivity contribution in [3.05, 3.63) is 34.0 Å². The summed E-state index contributed by atoms with van der Waals surface area (Å²) in [6, 6.07) is 3.83. The lowest BCUT2D eigenvalue weighted by atomic mass is 10.0. The highest BCUT2D eigenvalue weighted by Crippen LogP contribution is 2.40. The molecule has 0 unspecified atom stereocenters. The van der Waals surface area contributed by atoms with Crippen molar-refractivity contribution in [2.45, 2.75) is 0 Å². The van der Waals surface area contributed by atoms with Crippen LogP contribution in [0.4, 0.5) is 0 Å². The number of carbonyl (C=O) groups excluding carboxylic acids is 2. The van der Waals surface area contributed by atoms with Crippen molar-refractivity contribution in [3.8, 4) is 0 Å². The van der Waals surface area contributed by atoms with Gasteiger partial charge in [0.05, 0.1) is 20.5 Å². The van der Waals surface area contributed by atoms with Crippen molar-refractivity contribution < 1.29 is 9.59 Å². The third-order valence-electron chi connectivity index (χ3n) is 3.01. The van der Waals surface area contributed by atoms with Crippen LogP contribution < -0.4 is 5.32 Å². The molecular formula is C12H5NO2S2. The van der Waals surface area contributed by atoms with Gasteiger partial charge >= 0.3 is 0 Å². The number of carbonyl (C=O) groups is 2. The maximum Gasteiger partial charge on any atom is 0.259 e. The third-order valence-corrected chi connectivity index (χ3v) is 5.00. The minimum atomic E-state index is -0.276. The van der Waals surface area contributed by atoms with E-state index in [4.69, 9.17) is 0 Å². The van der Waals surface area contributed by atoms with E-state index < -0.39 is 0 Å². The van der Waals surface area contributed by atoms with Crippen LogP contribution in [0.25, 0.3) is 20.2 Å². The molecule has 82 valence electrons. The number of hydrogen-bond acceptors (Lipinski definition) is 4. The predicted octanol–water partition coefficient (Wildman–Crippen LogP) is 3.00. The molecule has 1 aliphatic heterocycles. The molecule has 0 spiro atoms. The normalized spacial score (nSPS) is 14.6. The van der Waals surface area contributed by atoms with Crippen LogP contribution >= 0.6 is 22.7 Å². The maximum atomic E-state index is 11.8. The molecular weight excluding hydrogens is 254 g/mol. The standard InChI is InChI=1S/C12H5NO2S2/c14-11-7-5-1-3-16-9(5)10-6(2-4-17-10)8(7)12(15)13-11/h1-4H,(H,13,14,15). The van der Waals surface area contributed by atoms with Gasteiger partial charge in [-0.3, -0.25) is 14.9 Å². The number of amides is 2. The van der Waals surface area contributed by atoms with E-state index >= 15 is 0 Å². The SMILES string of the molecule is O=C1NC(=O)c2c1c1ccsc1c1sccc21. The van der Waals surface area contributed by atoms with Gasteiger partial charge in [-0.25, -0.2) is 0 Å². The molecule has 0 aliphatic carbocycles. The molecule has 4 rings (SSSR count). The van der Waals surface area contributed by atoms with E-state index in [1.54, 1.807) is 22.7 Å². The molecule has 0 saturated heterocycles. The van der Waals surface area contributed by atoms with Crippen molar-refractivity contribution in [1.82, 2.24) is 5.32 Å². The van der Waals surface area contributed by atoms with Crippen molar-refractivity contribution in [2.75, 3.05) is 0 Å². The Labute approximate surface area is 104 Å². The quantitative estimate of drug-likeness (QED) is 0.631. The fourth-order valence-electron chi connectivity index (χ4n) is 2.33. The van der Waals surface area contributed by atoms with Crippen LogP contribution in [0.3, 0.4) is 0 Å². The fourth-order valence-corrected chi connectivity index (χ4v) is 4.33. The molecule has 0 saturated carbocycles. The zero-order valence-electron chi connectivity index (χ0n) is 8.44. The van der Waals surface area contributed by atoms with E-state index in [2.05, 4.69) is 5.32 Å². The first kappa shape index (κ1) is 9.32. The number of benzene rings is 1. The first-order valence-corrected chi connectivity index (χ1v) is 6.79. The lowest BCUT2D eigenvalue weighted by Gasteiger charge is -2.00. The smallest absolute Gasteiger partial charge is 0.259 e. The van der Waals surface area contributed by atoms with Gasteiger partial charge in [0.15, 0.2) is 0 Å². The van der Waals surface area contributed by atoms with Crippen molar-refractivity contribution in [1.29, 1.82) is 0 Å². The summed E-state index contributed by atoms with van der Waals surface area (Å²) in [6.07, 6.45) is 0. The maximum absolute atomic E-state index is 11.8. The van der Waals surface area contributed by atoms with E-state index in [9.17, 15) is 9.59 Å². The number of hydrogen-bond donors (Lipinski definition) is 1. The molecule has 1 aliphatic rings. The van der Waals surface area contributed by atoms with Crippen molar-refractivity contribution >= 4 is 54.7 Å². The van der Waals surface area contributed by atoms with Gasteiger partial charge in [-0.05, 0) is 22.9 Å². The van der Waals surface area contributed by atoms with Gasteiger partial charge in [-0.1, -0.05) is 0 Å². The van der Waals surface area contributed by atoms with Crippen LogP contribution in [0.15, 0.2) is 22.9 Å². The van der Waals surface area contributed by atoms with Gasteiger partial charge in [0.25, 0.3) is 11.8 Å². The molecule has 5 heteroatoms. The molecule has 3 nitrogen and oxygen atoms in total. The molecule has 1 aromatic carbocycles. The van der Waals surface area contributed by atoms with Crippen molar-refractivity contribution in [3.63, 3.8) is 0 Å². The minimum Gasteiger partial charge on any atom is -0.288 e. The number of thiophene rings is 2. The Kier molecular flexibility index (Phi) is 1.61. The van der Waals surface area contributed by atoms with Gasteiger partial charge in [0.1, 0.15) is 0 Å². The molecule has 0 fully saturated rings. The predicted molar refractivity (Wildman–Crippen MR) is 69.0 cm³/mol. The minimum absolute atomic E-state index is 0.276. The average molecular weight is 259 g/mol. The summed E-state index contributed by atoms with van der Waals surface area (Å²) < 4.78 is 2.19. The molecule has 17 heavy (non-hydrogen) atoms. The van der Waals surface area contributed by atoms with Crippen molar-refractivity contribution in [2.24, 2.45) is 0 Å². The highest BCUT2D eigenvalue weighted by molar-refractivity contribution is 7.25. The summed E-state index contributed by atoms with van der Waals surface area (Å²) in [5, 5.41) is 8.08. The summed E-state index contributed by atoms with van der Waals surface area (Å²) in [5.41, 5.74) is 1.08. The second-order valence-corrected chi connectivity index (χ2v) is 5.69. The van der Waals surface area contributed by atoms with Crippen LogP contribution in [0, 0.1) is 0 Å². The average Bonchev–Trinajstić information content (AvgIpc) is 2.96. The number of imide groups is 1. The number of nitrogens with one attached hydrogen (secondary N) is 1. The topological polar surface area (TPSA) is 46.2 Å². The first-order valence-electron chi connectivity index (χ1n) is 5.03. The van der Waals surface area contributed by atoms with Gasteiger partial charge in [0.2, 0.25) is 0 Å². The Bertz CT molecular complexity index is 745. The molecule has 0 atom stereocenters. The van der Waals surface area contributed by atoms with Crippen LogP contribution in [0.1, 0.15) is 20.7 Å². The molecule has 3 heterocycles. The zero-order chi connectivity index (χ0) is 11.6. The molecule has 2 aromatic heterocycles. The zero-order valence-corrected chi connectivity index (χ0v) is 10.1. The summed E-state index contributed by atoms with van der Waals surface area (Å²) in [6.45, 7) is 0. The summed E-state index contributed by atoms with van der Waals surface area (Å²) in [4.78, 5) is 23.7. The molecule has 0 bridgehead atoms. The number of fused-ring (bicyclic) bond motifs is 6. The Balaban J connectivity index is 2.40. The Morgan fingerprint density at radius 1 is 0.824 bits per heavy atom. The summed E-state index contributed by atoms with van der Waals surface area (Å²) >= 11 is 3.22. The van der Waals surface area contributed by atoms with E-state index in [0.29, 0.717) is 11.1 Å². The lowest BCUT2D eigenvalue weighted by Crippen LogP contribution is -2.20. The lowest BCUT2D eigenvalue weighted by molar-refractivity contribution is 0.0880. The first-order chi connectivity index (χ1) is 8.27. The van der Waals surface area contributed by atoms with Crippen LogP contribution in [0.2, 0.25) is 0 Å². The van der Waals surface area contributed by atoms with Crippen LogP contribution in [-0.4, -0.2) is 11.8 Å². The molecule has 3 aromatic rings. The van der Waals surface area contributed by atoms with Gasteiger partial charge < -0.3 is 0 Å². The second-order valence-electron chi connectivity index (χ2n) is 3.86. The highest BCUT2D eigenvalue weighted by atomic mass is 32.1. The third kappa shape index (κ3) is 1.01. The van der Waals surface area contributed by atoms with Gasteiger partial charge in [-0.15, -0.1) is 22.7 Å². The van der Waals surface area contributed by atoms with E-state index in [0.717, 1.165) is 20.2 Å². The van der Waals surface area contributed by atoms with Crippen LogP contribution in [0.5, 0.6) is 0 Å². The van der Waals surface area contributed by atoms with E-state index in [-0.39, 0.29) is 11.8 Å². The summed E-state index contributed by atoms with van der Waals surface area (Å²) in [5.74, 6) is -0.553. The Morgan fingerprint density at radius 2 is 1.29 bits per heavy atom. The Hall–Kier alpha value is -1.72. The largest absolute Gasteiger partial charge is 0.288 e. The molecule has 0 radical (unpaired) electrons. The molecule has 2 amide bonds. The second kappa shape index (κ2) is 2.94. The van der Waals surface area contributed by atoms with E-state index in [1.165, 1.54) is 0 Å². The summed E-state index contributed by atoms with van der Waals surface area (Å²) in [7, 11) is 0. The van der Waals surface area contributed by atoms with Gasteiger partial charge in [-0.2, -0.15) is 0 Å². The molecule has 1 N–H and O–H groups in total. The van der Waals surface area contributed by atoms with E-state index in [1.807, 2.05) is 22.9 Å². The number of rotatable bonds is 0.